The monoisotopic (exact) mass is 309 g/mol. The van der Waals surface area contributed by atoms with Gasteiger partial charge in [0.15, 0.2) is 0 Å². The Hall–Kier alpha value is -1.98. The molecule has 7 nitrogen and oxygen atoms in total. The maximum atomic E-state index is 12.5. The molecule has 1 saturated carbocycles. The van der Waals surface area contributed by atoms with Gasteiger partial charge in [0.25, 0.3) is 5.69 Å². The Labute approximate surface area is 123 Å². The lowest BCUT2D eigenvalue weighted by Crippen LogP contribution is -2.35. The first-order chi connectivity index (χ1) is 9.95. The van der Waals surface area contributed by atoms with Crippen LogP contribution in [-0.4, -0.2) is 30.2 Å². The average molecular weight is 309 g/mol. The zero-order valence-electron chi connectivity index (χ0n) is 11.3. The highest BCUT2D eigenvalue weighted by molar-refractivity contribution is 7.88. The van der Waals surface area contributed by atoms with Gasteiger partial charge in [-0.25, -0.2) is 8.42 Å². The van der Waals surface area contributed by atoms with Crippen LogP contribution in [0.1, 0.15) is 24.8 Å². The maximum Gasteiger partial charge on any atom is 0.273 e. The molecule has 1 aliphatic carbocycles. The van der Waals surface area contributed by atoms with Crippen molar-refractivity contribution in [3.63, 3.8) is 0 Å². The third kappa shape index (κ3) is 3.77. The number of sulfonamides is 1. The summed E-state index contributed by atoms with van der Waals surface area (Å²) >= 11 is 0. The Balaban J connectivity index is 2.24. The van der Waals surface area contributed by atoms with Crippen LogP contribution in [0.3, 0.4) is 0 Å². The number of benzene rings is 1. The lowest BCUT2D eigenvalue weighted by molar-refractivity contribution is -0.385. The largest absolute Gasteiger partial charge is 0.273 e. The highest BCUT2D eigenvalue weighted by Gasteiger charge is 2.37. The van der Waals surface area contributed by atoms with Crippen molar-refractivity contribution in [2.45, 2.75) is 31.1 Å². The van der Waals surface area contributed by atoms with Crippen molar-refractivity contribution in [1.82, 2.24) is 4.31 Å². The Morgan fingerprint density at radius 1 is 1.38 bits per heavy atom. The lowest BCUT2D eigenvalue weighted by atomic mass is 10.2. The van der Waals surface area contributed by atoms with Gasteiger partial charge in [0.2, 0.25) is 10.0 Å². The first-order valence-electron chi connectivity index (χ1n) is 6.54. The molecule has 8 heteroatoms. The zero-order valence-corrected chi connectivity index (χ0v) is 12.1. The molecule has 1 aliphatic rings. The molecule has 0 amide bonds. The number of hydrogen-bond acceptors (Lipinski definition) is 5. The summed E-state index contributed by atoms with van der Waals surface area (Å²) in [6.45, 7) is 0.143. The third-order valence-electron chi connectivity index (χ3n) is 3.28. The molecule has 0 aromatic heterocycles. The molecule has 0 N–H and O–H groups in total. The molecule has 2 rings (SSSR count). The van der Waals surface area contributed by atoms with Crippen LogP contribution in [0.4, 0.5) is 5.69 Å². The normalized spacial score (nSPS) is 14.9. The predicted molar refractivity (Wildman–Crippen MR) is 75.7 cm³/mol. The van der Waals surface area contributed by atoms with Gasteiger partial charge in [-0.15, -0.1) is 0 Å². The summed E-state index contributed by atoms with van der Waals surface area (Å²) in [6.07, 6.45) is 1.68. The number of hydrogen-bond donors (Lipinski definition) is 0. The van der Waals surface area contributed by atoms with E-state index < -0.39 is 20.7 Å². The molecule has 0 unspecified atom stereocenters. The van der Waals surface area contributed by atoms with Crippen LogP contribution >= 0.6 is 0 Å². The molecule has 0 radical (unpaired) electrons. The van der Waals surface area contributed by atoms with Crippen molar-refractivity contribution in [2.75, 3.05) is 6.54 Å². The van der Waals surface area contributed by atoms with Gasteiger partial charge in [0, 0.05) is 30.6 Å². The van der Waals surface area contributed by atoms with E-state index >= 15 is 0 Å². The SMILES string of the molecule is N#CCCN(C1CC1)S(=O)(=O)Cc1ccccc1[N+](=O)[O-]. The van der Waals surface area contributed by atoms with E-state index in [-0.39, 0.29) is 30.3 Å². The number of nitriles is 1. The van der Waals surface area contributed by atoms with Gasteiger partial charge in [-0.2, -0.15) is 9.57 Å². The molecule has 0 atom stereocenters. The Morgan fingerprint density at radius 2 is 2.05 bits per heavy atom. The summed E-state index contributed by atoms with van der Waals surface area (Å²) in [4.78, 5) is 10.4. The molecule has 112 valence electrons. The summed E-state index contributed by atoms with van der Waals surface area (Å²) in [5, 5.41) is 19.6. The second kappa shape index (κ2) is 6.20. The summed E-state index contributed by atoms with van der Waals surface area (Å²) in [6, 6.07) is 7.69. The second-order valence-electron chi connectivity index (χ2n) is 4.89. The molecule has 0 heterocycles. The van der Waals surface area contributed by atoms with Crippen LogP contribution in [0.15, 0.2) is 24.3 Å². The Kier molecular flexibility index (Phi) is 4.55. The van der Waals surface area contributed by atoms with Crippen LogP contribution in [0, 0.1) is 21.4 Å². The van der Waals surface area contributed by atoms with E-state index in [1.54, 1.807) is 6.07 Å². The first-order valence-corrected chi connectivity index (χ1v) is 8.15. The van der Waals surface area contributed by atoms with Crippen molar-refractivity contribution < 1.29 is 13.3 Å². The number of rotatable bonds is 7. The van der Waals surface area contributed by atoms with Crippen LogP contribution < -0.4 is 0 Å². The number of nitro groups is 1. The van der Waals surface area contributed by atoms with Gasteiger partial charge in [-0.3, -0.25) is 10.1 Å². The van der Waals surface area contributed by atoms with Gasteiger partial charge in [0.05, 0.1) is 16.7 Å². The minimum absolute atomic E-state index is 0.0638. The van der Waals surface area contributed by atoms with E-state index in [2.05, 4.69) is 0 Å². The van der Waals surface area contributed by atoms with Crippen molar-refractivity contribution >= 4 is 15.7 Å². The summed E-state index contributed by atoms with van der Waals surface area (Å²) < 4.78 is 26.2. The lowest BCUT2D eigenvalue weighted by Gasteiger charge is -2.20. The van der Waals surface area contributed by atoms with E-state index in [1.807, 2.05) is 6.07 Å². The van der Waals surface area contributed by atoms with Crippen LogP contribution in [0.2, 0.25) is 0 Å². The quantitative estimate of drug-likeness (QED) is 0.564. The number of nitro benzene ring substituents is 1. The van der Waals surface area contributed by atoms with E-state index in [1.165, 1.54) is 22.5 Å². The Bertz CT molecular complexity index is 677. The molecule has 21 heavy (non-hydrogen) atoms. The highest BCUT2D eigenvalue weighted by atomic mass is 32.2. The Morgan fingerprint density at radius 3 is 2.62 bits per heavy atom. The third-order valence-corrected chi connectivity index (χ3v) is 5.15. The summed E-state index contributed by atoms with van der Waals surface area (Å²) in [5.74, 6) is -0.411. The smallest absolute Gasteiger partial charge is 0.258 e. The molecular weight excluding hydrogens is 294 g/mol. The fourth-order valence-electron chi connectivity index (χ4n) is 2.16. The number of para-hydroxylation sites is 1. The first kappa shape index (κ1) is 15.4. The standard InChI is InChI=1S/C13H15N3O4S/c14-8-3-9-15(12-6-7-12)21(19,20)10-11-4-1-2-5-13(11)16(17)18/h1-2,4-5,12H,3,6-7,9-10H2. The number of nitrogens with zero attached hydrogens (tertiary/aromatic N) is 3. The molecule has 0 bridgehead atoms. The molecule has 1 fully saturated rings. The molecule has 0 spiro atoms. The van der Waals surface area contributed by atoms with Gasteiger partial charge >= 0.3 is 0 Å². The van der Waals surface area contributed by atoms with Gasteiger partial charge < -0.3 is 0 Å². The van der Waals surface area contributed by atoms with Crippen LogP contribution in [0.5, 0.6) is 0 Å². The molecule has 0 aliphatic heterocycles. The fraction of sp³-hybridized carbons (Fsp3) is 0.462. The van der Waals surface area contributed by atoms with Crippen molar-refractivity contribution in [1.29, 1.82) is 5.26 Å². The van der Waals surface area contributed by atoms with Gasteiger partial charge in [-0.1, -0.05) is 18.2 Å². The highest BCUT2D eigenvalue weighted by Crippen LogP contribution is 2.31. The van der Waals surface area contributed by atoms with Crippen molar-refractivity contribution in [3.8, 4) is 6.07 Å². The van der Waals surface area contributed by atoms with E-state index in [0.717, 1.165) is 12.8 Å². The van der Waals surface area contributed by atoms with Gasteiger partial charge in [0.1, 0.15) is 0 Å². The second-order valence-corrected chi connectivity index (χ2v) is 6.81. The summed E-state index contributed by atoms with van der Waals surface area (Å²) in [5.41, 5.74) is -0.0257. The maximum absolute atomic E-state index is 12.5. The minimum Gasteiger partial charge on any atom is -0.258 e. The van der Waals surface area contributed by atoms with Gasteiger partial charge in [-0.05, 0) is 12.8 Å². The predicted octanol–water partition coefficient (Wildman–Crippen LogP) is 1.80. The topological polar surface area (TPSA) is 104 Å². The van der Waals surface area contributed by atoms with E-state index in [0.29, 0.717) is 0 Å². The average Bonchev–Trinajstić information content (AvgIpc) is 3.23. The van der Waals surface area contributed by atoms with Crippen molar-refractivity contribution in [3.05, 3.63) is 39.9 Å². The van der Waals surface area contributed by atoms with Crippen molar-refractivity contribution in [2.24, 2.45) is 0 Å². The van der Waals surface area contributed by atoms with E-state index in [9.17, 15) is 18.5 Å². The zero-order chi connectivity index (χ0) is 15.5. The minimum atomic E-state index is -3.66. The van der Waals surface area contributed by atoms with Crippen LogP contribution in [-0.2, 0) is 15.8 Å². The van der Waals surface area contributed by atoms with E-state index in [4.69, 9.17) is 5.26 Å². The fourth-order valence-corrected chi connectivity index (χ4v) is 4.00. The summed E-state index contributed by atoms with van der Waals surface area (Å²) in [7, 11) is -3.66. The molecular formula is C13H15N3O4S. The van der Waals surface area contributed by atoms with Crippen LogP contribution in [0.25, 0.3) is 0 Å². The molecule has 1 aromatic rings. The molecule has 0 saturated heterocycles. The molecule has 1 aromatic carbocycles.